The minimum atomic E-state index is -0.277. The molecule has 118 valence electrons. The van der Waals surface area contributed by atoms with Gasteiger partial charge in [0.1, 0.15) is 0 Å². The van der Waals surface area contributed by atoms with Crippen LogP contribution in [0.3, 0.4) is 0 Å². The van der Waals surface area contributed by atoms with E-state index in [0.717, 1.165) is 38.9 Å². The molecule has 1 aromatic carbocycles. The zero-order valence-corrected chi connectivity index (χ0v) is 13.9. The molecule has 1 saturated carbocycles. The monoisotopic (exact) mass is 298 g/mol. The van der Waals surface area contributed by atoms with Gasteiger partial charge in [0.05, 0.1) is 13.2 Å². The number of fused-ring (bicyclic) bond motifs is 2. The fourth-order valence-electron chi connectivity index (χ4n) is 5.03. The van der Waals surface area contributed by atoms with Gasteiger partial charge in [-0.3, -0.25) is 0 Å². The SMILES string of the molecule is CC1=C(C(C)C)c2ccccc2C12CCC1(CC2)OCCO1. The van der Waals surface area contributed by atoms with Gasteiger partial charge in [0.25, 0.3) is 0 Å². The maximum atomic E-state index is 5.94. The van der Waals surface area contributed by atoms with Crippen molar-refractivity contribution >= 4 is 5.57 Å². The summed E-state index contributed by atoms with van der Waals surface area (Å²) >= 11 is 0. The van der Waals surface area contributed by atoms with E-state index >= 15 is 0 Å². The predicted molar refractivity (Wildman–Crippen MR) is 88.7 cm³/mol. The summed E-state index contributed by atoms with van der Waals surface area (Å²) in [5, 5.41) is 0. The van der Waals surface area contributed by atoms with E-state index in [4.69, 9.17) is 9.47 Å². The fraction of sp³-hybridized carbons (Fsp3) is 0.600. The first-order chi connectivity index (χ1) is 10.6. The number of allylic oxidation sites excluding steroid dienone is 2. The van der Waals surface area contributed by atoms with Crippen LogP contribution in [0.4, 0.5) is 0 Å². The van der Waals surface area contributed by atoms with Gasteiger partial charge >= 0.3 is 0 Å². The molecule has 1 aromatic rings. The summed E-state index contributed by atoms with van der Waals surface area (Å²) < 4.78 is 11.9. The molecular formula is C20H26O2. The first kappa shape index (κ1) is 14.5. The summed E-state index contributed by atoms with van der Waals surface area (Å²) in [4.78, 5) is 0. The lowest BCUT2D eigenvalue weighted by Gasteiger charge is -2.43. The average Bonchev–Trinajstić information content (AvgIpc) is 3.05. The minimum Gasteiger partial charge on any atom is -0.348 e. The van der Waals surface area contributed by atoms with Gasteiger partial charge in [0, 0.05) is 18.3 Å². The Bertz CT molecular complexity index is 610. The molecule has 1 saturated heterocycles. The Hall–Kier alpha value is -1.12. The number of benzene rings is 1. The third-order valence-corrected chi connectivity index (χ3v) is 6.11. The molecule has 0 atom stereocenters. The van der Waals surface area contributed by atoms with E-state index < -0.39 is 0 Å². The molecule has 22 heavy (non-hydrogen) atoms. The second kappa shape index (κ2) is 4.94. The summed E-state index contributed by atoms with van der Waals surface area (Å²) in [5.74, 6) is 0.302. The van der Waals surface area contributed by atoms with Gasteiger partial charge in [0.2, 0.25) is 0 Å². The van der Waals surface area contributed by atoms with Crippen LogP contribution in [0.25, 0.3) is 5.57 Å². The molecule has 0 aromatic heterocycles. The largest absolute Gasteiger partial charge is 0.348 e. The maximum absolute atomic E-state index is 5.94. The molecule has 4 rings (SSSR count). The van der Waals surface area contributed by atoms with Crippen molar-refractivity contribution in [3.8, 4) is 0 Å². The summed E-state index contributed by atoms with van der Waals surface area (Å²) in [6.45, 7) is 8.53. The highest BCUT2D eigenvalue weighted by Crippen LogP contribution is 2.57. The van der Waals surface area contributed by atoms with Gasteiger partial charge in [-0.05, 0) is 42.4 Å². The maximum Gasteiger partial charge on any atom is 0.168 e. The van der Waals surface area contributed by atoms with Crippen LogP contribution in [0.2, 0.25) is 0 Å². The zero-order chi connectivity index (χ0) is 15.4. The Balaban J connectivity index is 1.75. The zero-order valence-electron chi connectivity index (χ0n) is 13.9. The van der Waals surface area contributed by atoms with Crippen LogP contribution in [-0.4, -0.2) is 19.0 Å². The molecule has 0 amide bonds. The highest BCUT2D eigenvalue weighted by Gasteiger charge is 2.51. The quantitative estimate of drug-likeness (QED) is 0.749. The number of hydrogen-bond donors (Lipinski definition) is 0. The fourth-order valence-corrected chi connectivity index (χ4v) is 5.03. The standard InChI is InChI=1S/C20H26O2/c1-14(2)18-15(3)19(17-7-5-4-6-16(17)18)8-10-20(11-9-19)21-12-13-22-20/h4-7,14H,8-13H2,1-3H3. The van der Waals surface area contributed by atoms with Gasteiger partial charge in [-0.2, -0.15) is 0 Å². The van der Waals surface area contributed by atoms with Gasteiger partial charge in [0.15, 0.2) is 5.79 Å². The Kier molecular flexibility index (Phi) is 3.25. The van der Waals surface area contributed by atoms with Gasteiger partial charge in [-0.15, -0.1) is 0 Å². The van der Waals surface area contributed by atoms with Crippen LogP contribution < -0.4 is 0 Å². The Morgan fingerprint density at radius 1 is 0.955 bits per heavy atom. The first-order valence-corrected chi connectivity index (χ1v) is 8.67. The number of rotatable bonds is 1. The third-order valence-electron chi connectivity index (χ3n) is 6.11. The predicted octanol–water partition coefficient (Wildman–Crippen LogP) is 4.68. The smallest absolute Gasteiger partial charge is 0.168 e. The van der Waals surface area contributed by atoms with E-state index in [1.54, 1.807) is 16.7 Å². The van der Waals surface area contributed by atoms with Gasteiger partial charge in [-0.25, -0.2) is 0 Å². The lowest BCUT2D eigenvalue weighted by atomic mass is 9.66. The summed E-state index contributed by atoms with van der Waals surface area (Å²) in [7, 11) is 0. The summed E-state index contributed by atoms with van der Waals surface area (Å²) in [6, 6.07) is 9.05. The summed E-state index contributed by atoms with van der Waals surface area (Å²) in [6.07, 6.45) is 4.33. The Labute approximate surface area is 133 Å². The van der Waals surface area contributed by atoms with Crippen LogP contribution in [0.1, 0.15) is 57.6 Å². The molecule has 3 aliphatic rings. The van der Waals surface area contributed by atoms with E-state index in [1.165, 1.54) is 5.56 Å². The lowest BCUT2D eigenvalue weighted by Crippen LogP contribution is -2.42. The van der Waals surface area contributed by atoms with Crippen molar-refractivity contribution in [2.75, 3.05) is 13.2 Å². The molecule has 0 bridgehead atoms. The van der Waals surface area contributed by atoms with Crippen molar-refractivity contribution in [3.63, 3.8) is 0 Å². The second-order valence-electron chi connectivity index (χ2n) is 7.43. The molecule has 1 heterocycles. The molecule has 2 aliphatic carbocycles. The van der Waals surface area contributed by atoms with Crippen molar-refractivity contribution in [1.82, 2.24) is 0 Å². The second-order valence-corrected chi connectivity index (χ2v) is 7.43. The third kappa shape index (κ3) is 1.87. The lowest BCUT2D eigenvalue weighted by molar-refractivity contribution is -0.183. The van der Waals surface area contributed by atoms with Crippen LogP contribution in [0.5, 0.6) is 0 Å². The average molecular weight is 298 g/mol. The number of hydrogen-bond acceptors (Lipinski definition) is 2. The van der Waals surface area contributed by atoms with Crippen molar-refractivity contribution in [1.29, 1.82) is 0 Å². The van der Waals surface area contributed by atoms with E-state index in [-0.39, 0.29) is 11.2 Å². The van der Waals surface area contributed by atoms with E-state index in [1.807, 2.05) is 0 Å². The molecular weight excluding hydrogens is 272 g/mol. The van der Waals surface area contributed by atoms with Gasteiger partial charge in [-0.1, -0.05) is 43.7 Å². The Morgan fingerprint density at radius 3 is 2.23 bits per heavy atom. The van der Waals surface area contributed by atoms with Crippen LogP contribution >= 0.6 is 0 Å². The highest BCUT2D eigenvalue weighted by molar-refractivity contribution is 5.81. The molecule has 2 heteroatoms. The molecule has 0 N–H and O–H groups in total. The van der Waals surface area contributed by atoms with Crippen molar-refractivity contribution < 1.29 is 9.47 Å². The molecule has 2 nitrogen and oxygen atoms in total. The molecule has 2 fully saturated rings. The van der Waals surface area contributed by atoms with E-state index in [2.05, 4.69) is 45.0 Å². The Morgan fingerprint density at radius 2 is 1.59 bits per heavy atom. The first-order valence-electron chi connectivity index (χ1n) is 8.67. The normalized spacial score (nSPS) is 25.5. The molecule has 1 aliphatic heterocycles. The van der Waals surface area contributed by atoms with Crippen LogP contribution in [0, 0.1) is 5.92 Å². The van der Waals surface area contributed by atoms with Gasteiger partial charge < -0.3 is 9.47 Å². The molecule has 0 radical (unpaired) electrons. The van der Waals surface area contributed by atoms with E-state index in [9.17, 15) is 0 Å². The van der Waals surface area contributed by atoms with Crippen LogP contribution in [-0.2, 0) is 14.9 Å². The molecule has 0 unspecified atom stereocenters. The van der Waals surface area contributed by atoms with Crippen molar-refractivity contribution in [3.05, 3.63) is 41.0 Å². The topological polar surface area (TPSA) is 18.5 Å². The van der Waals surface area contributed by atoms with Crippen LogP contribution in [0.15, 0.2) is 29.8 Å². The summed E-state index contributed by atoms with van der Waals surface area (Å²) in [5.41, 5.74) is 6.41. The van der Waals surface area contributed by atoms with Crippen molar-refractivity contribution in [2.45, 2.75) is 57.7 Å². The highest BCUT2D eigenvalue weighted by atomic mass is 16.7. The van der Waals surface area contributed by atoms with E-state index in [0.29, 0.717) is 5.92 Å². The van der Waals surface area contributed by atoms with Crippen molar-refractivity contribution in [2.24, 2.45) is 5.92 Å². The minimum absolute atomic E-state index is 0.219. The number of ether oxygens (including phenoxy) is 2. The molecule has 2 spiro atoms.